The van der Waals surface area contributed by atoms with Gasteiger partial charge < -0.3 is 14.9 Å². The molecule has 2 aromatic rings. The van der Waals surface area contributed by atoms with Crippen molar-refractivity contribution in [3.63, 3.8) is 0 Å². The van der Waals surface area contributed by atoms with Gasteiger partial charge >= 0.3 is 0 Å². The molecule has 0 amide bonds. The Kier molecular flexibility index (Phi) is 7.35. The molecule has 2 aromatic carbocycles. The van der Waals surface area contributed by atoms with Crippen LogP contribution in [0, 0.1) is 0 Å². The maximum absolute atomic E-state index is 10.8. The van der Waals surface area contributed by atoms with Crippen LogP contribution < -0.4 is 0 Å². The number of nitrogens with zero attached hydrogens (tertiary/aromatic N) is 1. The van der Waals surface area contributed by atoms with Gasteiger partial charge in [-0.05, 0) is 51.7 Å². The van der Waals surface area contributed by atoms with Gasteiger partial charge in [-0.1, -0.05) is 60.7 Å². The summed E-state index contributed by atoms with van der Waals surface area (Å²) >= 11 is 0. The fourth-order valence-electron chi connectivity index (χ4n) is 5.10. The molecule has 0 bridgehead atoms. The highest BCUT2D eigenvalue weighted by Gasteiger charge is 2.45. The molecule has 1 aliphatic rings. The second-order valence-corrected chi connectivity index (χ2v) is 9.86. The predicted octanol–water partition coefficient (Wildman–Crippen LogP) is 4.21. The quantitative estimate of drug-likeness (QED) is 0.683. The van der Waals surface area contributed by atoms with Gasteiger partial charge in [0, 0.05) is 23.5 Å². The molecule has 1 heterocycles. The average molecular weight is 412 g/mol. The van der Waals surface area contributed by atoms with E-state index in [4.69, 9.17) is 4.74 Å². The molecule has 0 unspecified atom stereocenters. The van der Waals surface area contributed by atoms with Crippen LogP contribution in [0.3, 0.4) is 0 Å². The molecule has 30 heavy (non-hydrogen) atoms. The third-order valence-electron chi connectivity index (χ3n) is 6.32. The Labute approximate surface area is 181 Å². The van der Waals surface area contributed by atoms with Gasteiger partial charge in [-0.2, -0.15) is 0 Å². The highest BCUT2D eigenvalue weighted by atomic mass is 16.5. The van der Waals surface area contributed by atoms with Crippen LogP contribution in [0.4, 0.5) is 0 Å². The number of ether oxygens (including phenoxy) is 1. The third-order valence-corrected chi connectivity index (χ3v) is 6.32. The fraction of sp³-hybridized carbons (Fsp3) is 0.538. The maximum atomic E-state index is 10.8. The summed E-state index contributed by atoms with van der Waals surface area (Å²) in [6.07, 6.45) is 0.561. The van der Waals surface area contributed by atoms with Crippen LogP contribution in [0.25, 0.3) is 0 Å². The van der Waals surface area contributed by atoms with Gasteiger partial charge in [0.15, 0.2) is 0 Å². The van der Waals surface area contributed by atoms with E-state index in [1.165, 1.54) is 11.1 Å². The van der Waals surface area contributed by atoms with Crippen LogP contribution in [0.5, 0.6) is 0 Å². The molecule has 2 N–H and O–H groups in total. The SMILES string of the molecule is CC1(C)CC(O)CC(C)(C)N1C[C@H](O)COCC(c1ccccc1)c1ccccc1. The van der Waals surface area contributed by atoms with Crippen LogP contribution >= 0.6 is 0 Å². The second kappa shape index (κ2) is 9.61. The normalized spacial score (nSPS) is 20.4. The Morgan fingerprint density at radius 3 is 1.80 bits per heavy atom. The summed E-state index contributed by atoms with van der Waals surface area (Å²) in [5.74, 6) is 0.137. The molecule has 0 aliphatic carbocycles. The minimum Gasteiger partial charge on any atom is -0.393 e. The van der Waals surface area contributed by atoms with Crippen molar-refractivity contribution in [1.82, 2.24) is 4.90 Å². The summed E-state index contributed by atoms with van der Waals surface area (Å²) in [4.78, 5) is 2.33. The summed E-state index contributed by atoms with van der Waals surface area (Å²) in [6.45, 7) is 9.93. The molecule has 4 nitrogen and oxygen atoms in total. The maximum Gasteiger partial charge on any atom is 0.0900 e. The molecule has 0 saturated carbocycles. The third kappa shape index (κ3) is 5.70. The summed E-state index contributed by atoms with van der Waals surface area (Å²) < 4.78 is 6.04. The lowest BCUT2D eigenvalue weighted by molar-refractivity contribution is -0.105. The van der Waals surface area contributed by atoms with Crippen molar-refractivity contribution in [2.24, 2.45) is 0 Å². The molecule has 1 saturated heterocycles. The molecule has 1 aliphatic heterocycles. The first-order chi connectivity index (χ1) is 14.2. The molecular formula is C26H37NO3. The van der Waals surface area contributed by atoms with Crippen molar-refractivity contribution in [2.45, 2.75) is 69.7 Å². The molecule has 164 valence electrons. The molecule has 1 fully saturated rings. The fourth-order valence-corrected chi connectivity index (χ4v) is 5.10. The largest absolute Gasteiger partial charge is 0.393 e. The Hall–Kier alpha value is -1.72. The standard InChI is InChI=1S/C26H37NO3/c1-25(2)15-22(28)16-26(3,4)27(25)17-23(29)18-30-19-24(20-11-7-5-8-12-20)21-13-9-6-10-14-21/h5-14,22-24,28-29H,15-19H2,1-4H3/t23-/m0/s1. The first-order valence-electron chi connectivity index (χ1n) is 11.0. The van der Waals surface area contributed by atoms with Crippen molar-refractivity contribution < 1.29 is 14.9 Å². The van der Waals surface area contributed by atoms with Crippen LogP contribution in [0.1, 0.15) is 57.6 Å². The van der Waals surface area contributed by atoms with Gasteiger partial charge in [0.25, 0.3) is 0 Å². The van der Waals surface area contributed by atoms with E-state index in [-0.39, 0.29) is 23.1 Å². The summed E-state index contributed by atoms with van der Waals surface area (Å²) in [6, 6.07) is 20.8. The minimum atomic E-state index is -0.578. The summed E-state index contributed by atoms with van der Waals surface area (Å²) in [7, 11) is 0. The van der Waals surface area contributed by atoms with Gasteiger partial charge in [0.2, 0.25) is 0 Å². The summed E-state index contributed by atoms with van der Waals surface area (Å²) in [5, 5.41) is 21.0. The highest BCUT2D eigenvalue weighted by molar-refractivity contribution is 5.32. The van der Waals surface area contributed by atoms with E-state index in [1.807, 2.05) is 12.1 Å². The van der Waals surface area contributed by atoms with Gasteiger partial charge in [-0.3, -0.25) is 4.90 Å². The Morgan fingerprint density at radius 2 is 1.33 bits per heavy atom. The molecule has 0 spiro atoms. The van der Waals surface area contributed by atoms with Crippen molar-refractivity contribution in [1.29, 1.82) is 0 Å². The summed E-state index contributed by atoms with van der Waals surface area (Å²) in [5.41, 5.74) is 2.09. The number of hydrogen-bond donors (Lipinski definition) is 2. The number of β-amino-alcohol motifs (C(OH)–C–C–N with tert-alkyl or cyclic N) is 1. The number of hydrogen-bond acceptors (Lipinski definition) is 4. The Morgan fingerprint density at radius 1 is 0.867 bits per heavy atom. The Balaban J connectivity index is 1.61. The monoisotopic (exact) mass is 411 g/mol. The number of rotatable bonds is 8. The van der Waals surface area contributed by atoms with Crippen molar-refractivity contribution >= 4 is 0 Å². The van der Waals surface area contributed by atoms with E-state index in [1.54, 1.807) is 0 Å². The number of aliphatic hydroxyl groups excluding tert-OH is 2. The smallest absolute Gasteiger partial charge is 0.0900 e. The van der Waals surface area contributed by atoms with E-state index in [9.17, 15) is 10.2 Å². The van der Waals surface area contributed by atoms with Crippen LogP contribution in [0.15, 0.2) is 60.7 Å². The zero-order chi connectivity index (χ0) is 21.8. The molecule has 0 radical (unpaired) electrons. The number of benzene rings is 2. The number of likely N-dealkylation sites (tertiary alicyclic amines) is 1. The first kappa shape index (κ1) is 23.0. The van der Waals surface area contributed by atoms with E-state index >= 15 is 0 Å². The lowest BCUT2D eigenvalue weighted by Gasteiger charge is -2.55. The second-order valence-electron chi connectivity index (χ2n) is 9.86. The van der Waals surface area contributed by atoms with Gasteiger partial charge in [0.05, 0.1) is 25.4 Å². The molecule has 3 rings (SSSR count). The highest BCUT2D eigenvalue weighted by Crippen LogP contribution is 2.38. The predicted molar refractivity (Wildman–Crippen MR) is 122 cm³/mol. The zero-order valence-corrected chi connectivity index (χ0v) is 18.8. The Bertz CT molecular complexity index is 718. The first-order valence-corrected chi connectivity index (χ1v) is 11.0. The van der Waals surface area contributed by atoms with Gasteiger partial charge in [-0.25, -0.2) is 0 Å². The van der Waals surface area contributed by atoms with Crippen LogP contribution in [0.2, 0.25) is 0 Å². The van der Waals surface area contributed by atoms with Crippen LogP contribution in [-0.2, 0) is 4.74 Å². The van der Waals surface area contributed by atoms with E-state index < -0.39 is 6.10 Å². The van der Waals surface area contributed by atoms with Crippen LogP contribution in [-0.4, -0.2) is 58.2 Å². The van der Waals surface area contributed by atoms with Gasteiger partial charge in [0.1, 0.15) is 0 Å². The average Bonchev–Trinajstić information content (AvgIpc) is 2.68. The molecule has 1 atom stereocenters. The topological polar surface area (TPSA) is 52.9 Å². The van der Waals surface area contributed by atoms with Crippen molar-refractivity contribution in [3.8, 4) is 0 Å². The lowest BCUT2D eigenvalue weighted by Crippen LogP contribution is -2.63. The number of aliphatic hydroxyl groups is 2. The van der Waals surface area contributed by atoms with E-state index in [0.717, 1.165) is 0 Å². The van der Waals surface area contributed by atoms with E-state index in [0.29, 0.717) is 32.6 Å². The van der Waals surface area contributed by atoms with E-state index in [2.05, 4.69) is 81.1 Å². The zero-order valence-electron chi connectivity index (χ0n) is 18.8. The number of piperidine rings is 1. The lowest BCUT2D eigenvalue weighted by atomic mass is 9.78. The van der Waals surface area contributed by atoms with Crippen molar-refractivity contribution in [3.05, 3.63) is 71.8 Å². The minimum absolute atomic E-state index is 0.137. The van der Waals surface area contributed by atoms with Crippen molar-refractivity contribution in [2.75, 3.05) is 19.8 Å². The van der Waals surface area contributed by atoms with Gasteiger partial charge in [-0.15, -0.1) is 0 Å². The molecule has 0 aromatic heterocycles. The molecule has 4 heteroatoms. The molecular weight excluding hydrogens is 374 g/mol.